The maximum absolute atomic E-state index is 11.0. The molecule has 1 aliphatic rings. The molecule has 2 rings (SSSR count). The van der Waals surface area contributed by atoms with E-state index >= 15 is 0 Å². The first-order valence-corrected chi connectivity index (χ1v) is 6.35. The summed E-state index contributed by atoms with van der Waals surface area (Å²) in [6.07, 6.45) is 2.41. The number of nitrogens with zero attached hydrogens (tertiary/aromatic N) is 1. The highest BCUT2D eigenvalue weighted by Crippen LogP contribution is 2.21. The fraction of sp³-hybridized carbons (Fsp3) is 0.500. The van der Waals surface area contributed by atoms with E-state index in [-0.39, 0.29) is 5.97 Å². The second kappa shape index (κ2) is 5.87. The summed E-state index contributed by atoms with van der Waals surface area (Å²) in [6, 6.07) is 6.14. The Balaban J connectivity index is 1.85. The summed E-state index contributed by atoms with van der Waals surface area (Å²) < 4.78 is 4.64. The van der Waals surface area contributed by atoms with Crippen LogP contribution >= 0.6 is 0 Å². The van der Waals surface area contributed by atoms with E-state index in [1.54, 1.807) is 0 Å². The lowest BCUT2D eigenvalue weighted by atomic mass is 9.99. The van der Waals surface area contributed by atoms with Crippen molar-refractivity contribution in [3.63, 3.8) is 0 Å². The second-order valence-corrected chi connectivity index (χ2v) is 4.73. The molecule has 0 atom stereocenters. The Kier molecular flexibility index (Phi) is 4.20. The van der Waals surface area contributed by atoms with Crippen molar-refractivity contribution in [3.8, 4) is 0 Å². The Morgan fingerprint density at radius 1 is 1.44 bits per heavy atom. The molecule has 1 aliphatic heterocycles. The fourth-order valence-corrected chi connectivity index (χ4v) is 2.38. The van der Waals surface area contributed by atoms with Crippen molar-refractivity contribution in [1.29, 1.82) is 0 Å². The fourth-order valence-electron chi connectivity index (χ4n) is 2.38. The van der Waals surface area contributed by atoms with E-state index in [9.17, 15) is 4.79 Å². The predicted octanol–water partition coefficient (Wildman–Crippen LogP) is 1.58. The van der Waals surface area contributed by atoms with E-state index in [0.29, 0.717) is 6.42 Å². The lowest BCUT2D eigenvalue weighted by Crippen LogP contribution is -2.31. The average Bonchev–Trinajstić information content (AvgIpc) is 2.38. The molecule has 0 saturated carbocycles. The molecule has 2 N–H and O–H groups in total. The normalized spacial score (nSPS) is 15.2. The number of benzene rings is 1. The summed E-state index contributed by atoms with van der Waals surface area (Å²) in [5, 5.41) is 0. The molecule has 0 spiro atoms. The van der Waals surface area contributed by atoms with E-state index in [4.69, 9.17) is 5.73 Å². The molecule has 1 heterocycles. The van der Waals surface area contributed by atoms with Crippen molar-refractivity contribution in [2.75, 3.05) is 25.9 Å². The highest BCUT2D eigenvalue weighted by molar-refractivity contribution is 5.69. The van der Waals surface area contributed by atoms with Crippen LogP contribution in [0.1, 0.15) is 24.0 Å². The van der Waals surface area contributed by atoms with Gasteiger partial charge in [0.25, 0.3) is 0 Å². The summed E-state index contributed by atoms with van der Waals surface area (Å²) in [6.45, 7) is 2.92. The first kappa shape index (κ1) is 12.9. The van der Waals surface area contributed by atoms with Gasteiger partial charge in [-0.1, -0.05) is 6.07 Å². The molecular weight excluding hydrogens is 228 g/mol. The molecule has 1 aromatic carbocycles. The minimum absolute atomic E-state index is 0.128. The van der Waals surface area contributed by atoms with Crippen molar-refractivity contribution in [1.82, 2.24) is 4.90 Å². The molecule has 98 valence electrons. The topological polar surface area (TPSA) is 55.6 Å². The zero-order valence-corrected chi connectivity index (χ0v) is 10.8. The van der Waals surface area contributed by atoms with Gasteiger partial charge in [-0.3, -0.25) is 9.69 Å². The van der Waals surface area contributed by atoms with E-state index in [0.717, 1.165) is 38.2 Å². The number of carbonyl (C=O) groups excluding carboxylic acids is 1. The molecule has 4 nitrogen and oxygen atoms in total. The molecule has 0 aromatic heterocycles. The van der Waals surface area contributed by atoms with Crippen LogP contribution < -0.4 is 5.73 Å². The average molecular weight is 248 g/mol. The molecule has 1 aromatic rings. The number of ether oxygens (including phenoxy) is 1. The number of rotatable bonds is 4. The van der Waals surface area contributed by atoms with Crippen LogP contribution in [-0.4, -0.2) is 31.1 Å². The van der Waals surface area contributed by atoms with Gasteiger partial charge in [-0.2, -0.15) is 0 Å². The summed E-state index contributed by atoms with van der Waals surface area (Å²) in [4.78, 5) is 13.4. The minimum atomic E-state index is -0.128. The van der Waals surface area contributed by atoms with Gasteiger partial charge in [0.15, 0.2) is 0 Å². The highest BCUT2D eigenvalue weighted by Gasteiger charge is 2.16. The quantitative estimate of drug-likeness (QED) is 0.649. The minimum Gasteiger partial charge on any atom is -0.469 e. The number of nitrogens with two attached hydrogens (primary N) is 1. The number of anilines is 1. The van der Waals surface area contributed by atoms with Gasteiger partial charge < -0.3 is 10.5 Å². The third-order valence-corrected chi connectivity index (χ3v) is 3.40. The van der Waals surface area contributed by atoms with Crippen molar-refractivity contribution < 1.29 is 9.53 Å². The van der Waals surface area contributed by atoms with E-state index in [2.05, 4.69) is 21.8 Å². The van der Waals surface area contributed by atoms with Crippen LogP contribution in [0.2, 0.25) is 0 Å². The van der Waals surface area contributed by atoms with Crippen molar-refractivity contribution in [2.24, 2.45) is 0 Å². The predicted molar refractivity (Wildman–Crippen MR) is 71.1 cm³/mol. The van der Waals surface area contributed by atoms with Crippen LogP contribution in [0.25, 0.3) is 0 Å². The maximum Gasteiger partial charge on any atom is 0.305 e. The smallest absolute Gasteiger partial charge is 0.305 e. The standard InChI is InChI=1S/C14H20N2O2/c1-18-14(17)3-2-7-16-8-6-11-4-5-13(15)9-12(11)10-16/h4-5,9H,2-3,6-8,10,15H2,1H3. The van der Waals surface area contributed by atoms with E-state index < -0.39 is 0 Å². The summed E-state index contributed by atoms with van der Waals surface area (Å²) in [7, 11) is 1.43. The number of hydrogen-bond acceptors (Lipinski definition) is 4. The van der Waals surface area contributed by atoms with Crippen LogP contribution in [-0.2, 0) is 22.5 Å². The lowest BCUT2D eigenvalue weighted by molar-refractivity contribution is -0.140. The number of methoxy groups -OCH3 is 1. The van der Waals surface area contributed by atoms with Crippen LogP contribution in [0.15, 0.2) is 18.2 Å². The molecule has 0 bridgehead atoms. The van der Waals surface area contributed by atoms with Gasteiger partial charge in [0.05, 0.1) is 7.11 Å². The first-order chi connectivity index (χ1) is 8.69. The van der Waals surface area contributed by atoms with Gasteiger partial charge >= 0.3 is 5.97 Å². The third kappa shape index (κ3) is 3.23. The number of esters is 1. The van der Waals surface area contributed by atoms with Crippen LogP contribution in [0, 0.1) is 0 Å². The molecular formula is C14H20N2O2. The Bertz CT molecular complexity index is 432. The van der Waals surface area contributed by atoms with Crippen molar-refractivity contribution >= 4 is 11.7 Å². The second-order valence-electron chi connectivity index (χ2n) is 4.73. The molecule has 0 fully saturated rings. The van der Waals surface area contributed by atoms with E-state index in [1.165, 1.54) is 18.2 Å². The van der Waals surface area contributed by atoms with Crippen LogP contribution in [0.5, 0.6) is 0 Å². The number of nitrogen functional groups attached to an aromatic ring is 1. The van der Waals surface area contributed by atoms with Gasteiger partial charge in [-0.05, 0) is 42.6 Å². The lowest BCUT2D eigenvalue weighted by Gasteiger charge is -2.28. The van der Waals surface area contributed by atoms with Gasteiger partial charge in [0.1, 0.15) is 0 Å². The van der Waals surface area contributed by atoms with Crippen LogP contribution in [0.3, 0.4) is 0 Å². The summed E-state index contributed by atoms with van der Waals surface area (Å²) in [5.41, 5.74) is 9.35. The Morgan fingerprint density at radius 3 is 3.06 bits per heavy atom. The molecule has 18 heavy (non-hydrogen) atoms. The van der Waals surface area contributed by atoms with Crippen LogP contribution in [0.4, 0.5) is 5.69 Å². The number of hydrogen-bond donors (Lipinski definition) is 1. The monoisotopic (exact) mass is 248 g/mol. The first-order valence-electron chi connectivity index (χ1n) is 6.35. The summed E-state index contributed by atoms with van der Waals surface area (Å²) in [5.74, 6) is -0.128. The van der Waals surface area contributed by atoms with Gasteiger partial charge in [-0.15, -0.1) is 0 Å². The molecule has 0 saturated heterocycles. The van der Waals surface area contributed by atoms with Gasteiger partial charge in [-0.25, -0.2) is 0 Å². The maximum atomic E-state index is 11.0. The Hall–Kier alpha value is -1.55. The molecule has 0 amide bonds. The van der Waals surface area contributed by atoms with Gasteiger partial charge in [0.2, 0.25) is 0 Å². The van der Waals surface area contributed by atoms with Crippen molar-refractivity contribution in [2.45, 2.75) is 25.8 Å². The third-order valence-electron chi connectivity index (χ3n) is 3.40. The zero-order valence-electron chi connectivity index (χ0n) is 10.8. The molecule has 0 unspecified atom stereocenters. The van der Waals surface area contributed by atoms with E-state index in [1.807, 2.05) is 6.07 Å². The number of fused-ring (bicyclic) bond motifs is 1. The Labute approximate surface area is 108 Å². The van der Waals surface area contributed by atoms with Gasteiger partial charge in [0, 0.05) is 25.2 Å². The molecule has 0 aliphatic carbocycles. The zero-order chi connectivity index (χ0) is 13.0. The Morgan fingerprint density at radius 2 is 2.28 bits per heavy atom. The molecule has 4 heteroatoms. The highest BCUT2D eigenvalue weighted by atomic mass is 16.5. The van der Waals surface area contributed by atoms with Crippen molar-refractivity contribution in [3.05, 3.63) is 29.3 Å². The molecule has 0 radical (unpaired) electrons. The number of carbonyl (C=O) groups is 1. The largest absolute Gasteiger partial charge is 0.469 e. The SMILES string of the molecule is COC(=O)CCCN1CCc2ccc(N)cc2C1. The summed E-state index contributed by atoms with van der Waals surface area (Å²) >= 11 is 0.